The standard InChI is InChI=1S/C21H16F2N4O5S/c22-10-2-1-9(12(23)4-10)3-15-24-25-20(33-15)11-5-26-6-16-27(13-7-31-8-14(13)32-16)21(30)17(26)19(29)18(11)28/h1-2,4-5,13-14,16,29H,3,6-8H2/t13-,14+,16+/m0/s1. The van der Waals surface area contributed by atoms with E-state index in [1.54, 1.807) is 0 Å². The molecule has 12 heteroatoms. The first-order chi connectivity index (χ1) is 15.9. The van der Waals surface area contributed by atoms with Gasteiger partial charge in [0, 0.05) is 18.7 Å². The highest BCUT2D eigenvalue weighted by atomic mass is 32.1. The molecule has 2 saturated heterocycles. The summed E-state index contributed by atoms with van der Waals surface area (Å²) in [5, 5.41) is 19.3. The lowest BCUT2D eigenvalue weighted by atomic mass is 10.1. The minimum Gasteiger partial charge on any atom is -0.503 e. The summed E-state index contributed by atoms with van der Waals surface area (Å²) in [6.45, 7) is 0.970. The summed E-state index contributed by atoms with van der Waals surface area (Å²) < 4.78 is 39.9. The second-order valence-corrected chi connectivity index (χ2v) is 9.14. The van der Waals surface area contributed by atoms with E-state index in [1.807, 2.05) is 0 Å². The summed E-state index contributed by atoms with van der Waals surface area (Å²) in [7, 11) is 0. The molecule has 2 aromatic heterocycles. The lowest BCUT2D eigenvalue weighted by Gasteiger charge is -2.34. The molecule has 3 atom stereocenters. The van der Waals surface area contributed by atoms with Gasteiger partial charge < -0.3 is 24.0 Å². The number of ether oxygens (including phenoxy) is 2. The predicted molar refractivity (Wildman–Crippen MR) is 110 cm³/mol. The fourth-order valence-electron chi connectivity index (χ4n) is 4.53. The molecule has 1 N–H and O–H groups in total. The van der Waals surface area contributed by atoms with Crippen LogP contribution < -0.4 is 5.43 Å². The molecule has 3 aliphatic heterocycles. The fraction of sp³-hybridized carbons (Fsp3) is 0.333. The Kier molecular flexibility index (Phi) is 4.57. The summed E-state index contributed by atoms with van der Waals surface area (Å²) in [6, 6.07) is 3.02. The average molecular weight is 474 g/mol. The summed E-state index contributed by atoms with van der Waals surface area (Å²) in [6.07, 6.45) is 0.768. The van der Waals surface area contributed by atoms with Crippen LogP contribution in [0.5, 0.6) is 5.75 Å². The number of hydrogen-bond donors (Lipinski definition) is 1. The average Bonchev–Trinajstić information content (AvgIpc) is 3.48. The molecule has 1 amide bonds. The number of halogens is 2. The Morgan fingerprint density at radius 1 is 1.21 bits per heavy atom. The van der Waals surface area contributed by atoms with Crippen LogP contribution in [0.2, 0.25) is 0 Å². The highest BCUT2D eigenvalue weighted by molar-refractivity contribution is 7.14. The fourth-order valence-corrected chi connectivity index (χ4v) is 5.40. The van der Waals surface area contributed by atoms with Gasteiger partial charge in [-0.3, -0.25) is 9.59 Å². The van der Waals surface area contributed by atoms with Crippen molar-refractivity contribution in [3.05, 3.63) is 62.5 Å². The van der Waals surface area contributed by atoms with Gasteiger partial charge in [0.15, 0.2) is 22.7 Å². The predicted octanol–water partition coefficient (Wildman–Crippen LogP) is 1.52. The zero-order valence-corrected chi connectivity index (χ0v) is 17.7. The van der Waals surface area contributed by atoms with Crippen molar-refractivity contribution in [2.45, 2.75) is 31.3 Å². The third kappa shape index (κ3) is 3.16. The van der Waals surface area contributed by atoms with Crippen LogP contribution >= 0.6 is 11.3 Å². The van der Waals surface area contributed by atoms with Gasteiger partial charge in [0.1, 0.15) is 22.7 Å². The maximum Gasteiger partial charge on any atom is 0.277 e. The summed E-state index contributed by atoms with van der Waals surface area (Å²) in [5.74, 6) is -2.54. The second-order valence-electron chi connectivity index (χ2n) is 8.08. The number of fused-ring (bicyclic) bond motifs is 4. The van der Waals surface area contributed by atoms with Crippen molar-refractivity contribution >= 4 is 17.2 Å². The number of carbonyl (C=O) groups excluding carboxylic acids is 1. The van der Waals surface area contributed by atoms with Crippen molar-refractivity contribution in [1.29, 1.82) is 0 Å². The smallest absolute Gasteiger partial charge is 0.277 e. The van der Waals surface area contributed by atoms with Gasteiger partial charge in [0.2, 0.25) is 5.43 Å². The molecule has 33 heavy (non-hydrogen) atoms. The number of benzene rings is 1. The lowest BCUT2D eigenvalue weighted by Crippen LogP contribution is -2.50. The van der Waals surface area contributed by atoms with Crippen molar-refractivity contribution in [2.75, 3.05) is 13.2 Å². The minimum absolute atomic E-state index is 0.0657. The van der Waals surface area contributed by atoms with Crippen LogP contribution in [0.1, 0.15) is 21.1 Å². The van der Waals surface area contributed by atoms with Gasteiger partial charge in [-0.2, -0.15) is 0 Å². The lowest BCUT2D eigenvalue weighted by molar-refractivity contribution is -0.0381. The van der Waals surface area contributed by atoms with Gasteiger partial charge in [0.05, 0.1) is 31.4 Å². The van der Waals surface area contributed by atoms with E-state index in [0.717, 1.165) is 23.5 Å². The number of hydrogen-bond acceptors (Lipinski definition) is 8. The Balaban J connectivity index is 1.34. The van der Waals surface area contributed by atoms with Gasteiger partial charge in [-0.1, -0.05) is 17.4 Å². The molecular formula is C21H16F2N4O5S. The monoisotopic (exact) mass is 474 g/mol. The molecule has 170 valence electrons. The van der Waals surface area contributed by atoms with Gasteiger partial charge in [-0.15, -0.1) is 10.2 Å². The number of aromatic nitrogens is 3. The van der Waals surface area contributed by atoms with Crippen molar-refractivity contribution < 1.29 is 28.2 Å². The molecule has 0 aliphatic carbocycles. The van der Waals surface area contributed by atoms with Crippen molar-refractivity contribution in [3.8, 4) is 16.3 Å². The number of rotatable bonds is 3. The molecule has 0 bridgehead atoms. The zero-order chi connectivity index (χ0) is 22.9. The third-order valence-corrected chi connectivity index (χ3v) is 7.06. The molecule has 6 rings (SSSR count). The van der Waals surface area contributed by atoms with E-state index in [9.17, 15) is 23.5 Å². The van der Waals surface area contributed by atoms with E-state index in [0.29, 0.717) is 18.2 Å². The van der Waals surface area contributed by atoms with Crippen molar-refractivity contribution in [3.63, 3.8) is 0 Å². The number of amides is 1. The summed E-state index contributed by atoms with van der Waals surface area (Å²) >= 11 is 1.05. The first kappa shape index (κ1) is 20.4. The summed E-state index contributed by atoms with van der Waals surface area (Å²) in [5.41, 5.74) is -0.539. The van der Waals surface area contributed by atoms with Crippen LogP contribution in [-0.2, 0) is 22.4 Å². The number of aromatic hydroxyl groups is 1. The Morgan fingerprint density at radius 3 is 2.88 bits per heavy atom. The number of pyridine rings is 1. The van der Waals surface area contributed by atoms with Gasteiger partial charge in [-0.25, -0.2) is 8.78 Å². The van der Waals surface area contributed by atoms with Gasteiger partial charge in [-0.05, 0) is 11.6 Å². The van der Waals surface area contributed by atoms with E-state index >= 15 is 0 Å². The van der Waals surface area contributed by atoms with Crippen LogP contribution in [0.15, 0.2) is 29.2 Å². The van der Waals surface area contributed by atoms with E-state index in [-0.39, 0.29) is 46.9 Å². The molecule has 5 heterocycles. The van der Waals surface area contributed by atoms with Gasteiger partial charge in [0.25, 0.3) is 5.91 Å². The van der Waals surface area contributed by atoms with E-state index in [1.165, 1.54) is 21.7 Å². The second kappa shape index (κ2) is 7.40. The highest BCUT2D eigenvalue weighted by Gasteiger charge is 2.51. The quantitative estimate of drug-likeness (QED) is 0.614. The normalized spacial score (nSPS) is 23.5. The molecule has 0 spiro atoms. The first-order valence-corrected chi connectivity index (χ1v) is 11.0. The Morgan fingerprint density at radius 2 is 2.06 bits per heavy atom. The number of carbonyl (C=O) groups is 1. The molecule has 3 aromatic rings. The van der Waals surface area contributed by atoms with Crippen LogP contribution in [-0.4, -0.2) is 62.3 Å². The first-order valence-electron chi connectivity index (χ1n) is 10.2. The molecule has 0 radical (unpaired) electrons. The SMILES string of the molecule is O=C1c2c(O)c(=O)c(-c3nnc(Cc4ccc(F)cc4F)s3)cn2C[C@H]2O[C@@H]3COC[C@@H]3N12. The molecule has 2 fully saturated rings. The largest absolute Gasteiger partial charge is 0.503 e. The van der Waals surface area contributed by atoms with Crippen molar-refractivity contribution in [2.24, 2.45) is 0 Å². The van der Waals surface area contributed by atoms with Crippen LogP contribution in [0.25, 0.3) is 10.6 Å². The Bertz CT molecular complexity index is 1360. The molecule has 3 aliphatic rings. The molecular weight excluding hydrogens is 458 g/mol. The Labute approximate surface area is 188 Å². The van der Waals surface area contributed by atoms with E-state index < -0.39 is 34.9 Å². The van der Waals surface area contributed by atoms with E-state index in [4.69, 9.17) is 9.47 Å². The van der Waals surface area contributed by atoms with Crippen LogP contribution in [0, 0.1) is 11.6 Å². The number of nitrogens with zero attached hydrogens (tertiary/aromatic N) is 4. The van der Waals surface area contributed by atoms with E-state index in [2.05, 4.69) is 10.2 Å². The zero-order valence-electron chi connectivity index (χ0n) is 16.9. The highest BCUT2D eigenvalue weighted by Crippen LogP contribution is 2.36. The maximum atomic E-state index is 14.0. The van der Waals surface area contributed by atoms with Crippen LogP contribution in [0.3, 0.4) is 0 Å². The topological polar surface area (TPSA) is 107 Å². The Hall–Kier alpha value is -3.22. The third-order valence-electron chi connectivity index (χ3n) is 6.10. The van der Waals surface area contributed by atoms with Gasteiger partial charge >= 0.3 is 0 Å². The summed E-state index contributed by atoms with van der Waals surface area (Å²) in [4.78, 5) is 27.6. The molecule has 9 nitrogen and oxygen atoms in total. The van der Waals surface area contributed by atoms with Crippen LogP contribution in [0.4, 0.5) is 8.78 Å². The maximum absolute atomic E-state index is 14.0. The molecule has 0 unspecified atom stereocenters. The van der Waals surface area contributed by atoms with Crippen molar-refractivity contribution in [1.82, 2.24) is 19.7 Å². The molecule has 0 saturated carbocycles. The molecule has 1 aromatic carbocycles. The minimum atomic E-state index is -0.747.